The zero-order valence-corrected chi connectivity index (χ0v) is 16.6. The van der Waals surface area contributed by atoms with Crippen molar-refractivity contribution < 1.29 is 14.3 Å². The van der Waals surface area contributed by atoms with Crippen LogP contribution in [0.15, 0.2) is 24.3 Å². The number of hydrogen-bond acceptors (Lipinski definition) is 3. The zero-order chi connectivity index (χ0) is 19.0. The summed E-state index contributed by atoms with van der Waals surface area (Å²) in [7, 11) is 1.35. The molecule has 0 aromatic heterocycles. The SMILES string of the molecule is COC(=O)C(C)CN(CCC(C)C)C(=O)/C=C/c1ccc(Cl)cc1Cl. The smallest absolute Gasteiger partial charge is 0.310 e. The van der Waals surface area contributed by atoms with Crippen LogP contribution in [-0.4, -0.2) is 37.0 Å². The molecule has 0 saturated heterocycles. The highest BCUT2D eigenvalue weighted by molar-refractivity contribution is 6.35. The van der Waals surface area contributed by atoms with Gasteiger partial charge in [-0.3, -0.25) is 9.59 Å². The van der Waals surface area contributed by atoms with Crippen LogP contribution in [0.5, 0.6) is 0 Å². The van der Waals surface area contributed by atoms with E-state index in [0.717, 1.165) is 6.42 Å². The van der Waals surface area contributed by atoms with Crippen molar-refractivity contribution in [3.8, 4) is 0 Å². The summed E-state index contributed by atoms with van der Waals surface area (Å²) in [4.78, 5) is 25.9. The lowest BCUT2D eigenvalue weighted by Gasteiger charge is -2.24. The van der Waals surface area contributed by atoms with Crippen LogP contribution >= 0.6 is 23.2 Å². The number of amides is 1. The van der Waals surface area contributed by atoms with Gasteiger partial charge in [-0.25, -0.2) is 0 Å². The third-order valence-corrected chi connectivity index (χ3v) is 4.32. The molecule has 0 spiro atoms. The van der Waals surface area contributed by atoms with E-state index in [-0.39, 0.29) is 17.8 Å². The highest BCUT2D eigenvalue weighted by Gasteiger charge is 2.20. The van der Waals surface area contributed by atoms with Gasteiger partial charge in [0.05, 0.1) is 13.0 Å². The number of ether oxygens (including phenoxy) is 1. The Morgan fingerprint density at radius 3 is 2.48 bits per heavy atom. The highest BCUT2D eigenvalue weighted by atomic mass is 35.5. The first-order valence-corrected chi connectivity index (χ1v) is 9.00. The molecule has 1 aromatic rings. The maximum absolute atomic E-state index is 12.6. The molecule has 1 rings (SSSR count). The average molecular weight is 386 g/mol. The second-order valence-electron chi connectivity index (χ2n) is 6.39. The van der Waals surface area contributed by atoms with Crippen LogP contribution in [0.4, 0.5) is 0 Å². The van der Waals surface area contributed by atoms with Crippen molar-refractivity contribution in [2.75, 3.05) is 20.2 Å². The van der Waals surface area contributed by atoms with Gasteiger partial charge in [0.1, 0.15) is 0 Å². The largest absolute Gasteiger partial charge is 0.469 e. The predicted molar refractivity (Wildman–Crippen MR) is 103 cm³/mol. The Bertz CT molecular complexity index is 629. The molecule has 0 saturated carbocycles. The predicted octanol–water partition coefficient (Wildman–Crippen LogP) is 4.69. The number of carbonyl (C=O) groups excluding carboxylic acids is 2. The van der Waals surface area contributed by atoms with Gasteiger partial charge in [-0.15, -0.1) is 0 Å². The molecule has 0 bridgehead atoms. The molecule has 0 fully saturated rings. The van der Waals surface area contributed by atoms with Crippen LogP contribution < -0.4 is 0 Å². The minimum absolute atomic E-state index is 0.164. The van der Waals surface area contributed by atoms with E-state index in [1.807, 2.05) is 0 Å². The third kappa shape index (κ3) is 7.49. The molecule has 1 aromatic carbocycles. The fourth-order valence-electron chi connectivity index (χ4n) is 2.21. The minimum Gasteiger partial charge on any atom is -0.469 e. The van der Waals surface area contributed by atoms with Crippen LogP contribution in [0.25, 0.3) is 6.08 Å². The fourth-order valence-corrected chi connectivity index (χ4v) is 2.69. The quantitative estimate of drug-likeness (QED) is 0.481. The highest BCUT2D eigenvalue weighted by Crippen LogP contribution is 2.22. The number of benzene rings is 1. The van der Waals surface area contributed by atoms with E-state index in [9.17, 15) is 9.59 Å². The zero-order valence-electron chi connectivity index (χ0n) is 15.1. The summed E-state index contributed by atoms with van der Waals surface area (Å²) in [5.74, 6) is -0.415. The van der Waals surface area contributed by atoms with Gasteiger partial charge in [-0.1, -0.05) is 50.0 Å². The van der Waals surface area contributed by atoms with Crippen LogP contribution in [0.3, 0.4) is 0 Å². The lowest BCUT2D eigenvalue weighted by atomic mass is 10.1. The van der Waals surface area contributed by atoms with Crippen LogP contribution in [0.1, 0.15) is 32.8 Å². The summed E-state index contributed by atoms with van der Waals surface area (Å²) >= 11 is 12.0. The Labute approximate surface area is 159 Å². The summed E-state index contributed by atoms with van der Waals surface area (Å²) in [6.07, 6.45) is 3.99. The molecule has 4 nitrogen and oxygen atoms in total. The second-order valence-corrected chi connectivity index (χ2v) is 7.23. The Balaban J connectivity index is 2.86. The second kappa shape index (κ2) is 10.5. The van der Waals surface area contributed by atoms with Crippen molar-refractivity contribution in [1.82, 2.24) is 4.90 Å². The van der Waals surface area contributed by atoms with Gasteiger partial charge in [0.2, 0.25) is 5.91 Å². The summed E-state index contributed by atoms with van der Waals surface area (Å²) < 4.78 is 4.75. The molecular weight excluding hydrogens is 361 g/mol. The number of carbonyl (C=O) groups is 2. The molecule has 1 amide bonds. The first-order valence-electron chi connectivity index (χ1n) is 8.24. The molecule has 0 aliphatic carbocycles. The number of hydrogen-bond donors (Lipinski definition) is 0. The Kier molecular flexibility index (Phi) is 9.01. The molecule has 0 radical (unpaired) electrons. The maximum atomic E-state index is 12.6. The Hall–Kier alpha value is -1.52. The van der Waals surface area contributed by atoms with Crippen molar-refractivity contribution in [3.63, 3.8) is 0 Å². The fraction of sp³-hybridized carbons (Fsp3) is 0.474. The van der Waals surface area contributed by atoms with Gasteiger partial charge in [-0.2, -0.15) is 0 Å². The standard InChI is InChI=1S/C19H25Cl2NO3/c1-13(2)9-10-22(12-14(3)19(24)25-4)18(23)8-6-15-5-7-16(20)11-17(15)21/h5-8,11,13-14H,9-10,12H2,1-4H3/b8-6+. The number of esters is 1. The lowest BCUT2D eigenvalue weighted by Crippen LogP contribution is -2.37. The van der Waals surface area contributed by atoms with Gasteiger partial charge in [-0.05, 0) is 36.1 Å². The van der Waals surface area contributed by atoms with E-state index in [1.54, 1.807) is 36.1 Å². The molecule has 0 aliphatic rings. The molecule has 1 atom stereocenters. The molecule has 138 valence electrons. The minimum atomic E-state index is -0.381. The van der Waals surface area contributed by atoms with Crippen LogP contribution in [-0.2, 0) is 14.3 Å². The average Bonchev–Trinajstić information content (AvgIpc) is 2.56. The molecule has 25 heavy (non-hydrogen) atoms. The van der Waals surface area contributed by atoms with Crippen LogP contribution in [0, 0.1) is 11.8 Å². The topological polar surface area (TPSA) is 46.6 Å². The molecule has 0 N–H and O–H groups in total. The van der Waals surface area contributed by atoms with Gasteiger partial charge in [0, 0.05) is 29.2 Å². The molecule has 0 heterocycles. The van der Waals surface area contributed by atoms with Crippen LogP contribution in [0.2, 0.25) is 10.0 Å². The van der Waals surface area contributed by atoms with E-state index in [0.29, 0.717) is 34.6 Å². The van der Waals surface area contributed by atoms with Crippen molar-refractivity contribution in [1.29, 1.82) is 0 Å². The van der Waals surface area contributed by atoms with Gasteiger partial charge >= 0.3 is 5.97 Å². The number of nitrogens with zero attached hydrogens (tertiary/aromatic N) is 1. The number of halogens is 2. The van der Waals surface area contributed by atoms with Crippen molar-refractivity contribution >= 4 is 41.2 Å². The van der Waals surface area contributed by atoms with Crippen molar-refractivity contribution in [3.05, 3.63) is 39.9 Å². The van der Waals surface area contributed by atoms with E-state index < -0.39 is 0 Å². The van der Waals surface area contributed by atoms with E-state index in [2.05, 4.69) is 13.8 Å². The first kappa shape index (κ1) is 21.5. The van der Waals surface area contributed by atoms with Crippen molar-refractivity contribution in [2.45, 2.75) is 27.2 Å². The number of rotatable bonds is 8. The van der Waals surface area contributed by atoms with E-state index in [4.69, 9.17) is 27.9 Å². The Morgan fingerprint density at radius 2 is 1.92 bits per heavy atom. The Morgan fingerprint density at radius 1 is 1.24 bits per heavy atom. The summed E-state index contributed by atoms with van der Waals surface area (Å²) in [5.41, 5.74) is 0.712. The summed E-state index contributed by atoms with van der Waals surface area (Å²) in [5, 5.41) is 1.02. The molecule has 1 unspecified atom stereocenters. The molecule has 6 heteroatoms. The van der Waals surface area contributed by atoms with Crippen molar-refractivity contribution in [2.24, 2.45) is 11.8 Å². The normalized spacial score (nSPS) is 12.4. The molecular formula is C19H25Cl2NO3. The summed E-state index contributed by atoms with van der Waals surface area (Å²) in [6, 6.07) is 5.10. The number of methoxy groups -OCH3 is 1. The van der Waals surface area contributed by atoms with Gasteiger partial charge < -0.3 is 9.64 Å². The maximum Gasteiger partial charge on any atom is 0.310 e. The molecule has 0 aliphatic heterocycles. The monoisotopic (exact) mass is 385 g/mol. The summed E-state index contributed by atoms with van der Waals surface area (Å²) in [6.45, 7) is 6.83. The van der Waals surface area contributed by atoms with Gasteiger partial charge in [0.25, 0.3) is 0 Å². The van der Waals surface area contributed by atoms with E-state index in [1.165, 1.54) is 13.2 Å². The first-order chi connectivity index (χ1) is 11.7. The van der Waals surface area contributed by atoms with Gasteiger partial charge in [0.15, 0.2) is 0 Å². The lowest BCUT2D eigenvalue weighted by molar-refractivity contribution is -0.146. The third-order valence-electron chi connectivity index (χ3n) is 3.75. The van der Waals surface area contributed by atoms with E-state index >= 15 is 0 Å².